The van der Waals surface area contributed by atoms with Crippen LogP contribution in [0.3, 0.4) is 0 Å². The largest absolute Gasteiger partial charge is 0.351 e. The van der Waals surface area contributed by atoms with Crippen LogP contribution in [0.25, 0.3) is 0 Å². The third kappa shape index (κ3) is 4.54. The molecule has 1 heterocycles. The fourth-order valence-corrected chi connectivity index (χ4v) is 4.02. The second kappa shape index (κ2) is 7.04. The van der Waals surface area contributed by atoms with E-state index in [9.17, 15) is 13.2 Å². The predicted octanol–water partition coefficient (Wildman–Crippen LogP) is 1.48. The van der Waals surface area contributed by atoms with Gasteiger partial charge in [0.2, 0.25) is 10.0 Å². The Labute approximate surface area is 126 Å². The molecule has 1 atom stereocenters. The Morgan fingerprint density at radius 1 is 1.33 bits per heavy atom. The summed E-state index contributed by atoms with van der Waals surface area (Å²) in [6.45, 7) is 3.40. The first-order valence-electron chi connectivity index (χ1n) is 7.30. The Balaban J connectivity index is 1.83. The molecule has 1 aromatic carbocycles. The maximum absolute atomic E-state index is 12.2. The highest BCUT2D eigenvalue weighted by Crippen LogP contribution is 2.18. The molecule has 1 N–H and O–H groups in total. The number of rotatable bonds is 5. The van der Waals surface area contributed by atoms with Crippen LogP contribution in [0.1, 0.15) is 30.1 Å². The quantitative estimate of drug-likeness (QED) is 0.896. The summed E-state index contributed by atoms with van der Waals surface area (Å²) in [4.78, 5) is 11.8. The maximum atomic E-state index is 12.2. The van der Waals surface area contributed by atoms with E-state index in [0.717, 1.165) is 12.8 Å². The lowest BCUT2D eigenvalue weighted by atomic mass is 10.0. The van der Waals surface area contributed by atoms with Gasteiger partial charge >= 0.3 is 0 Å². The second-order valence-corrected chi connectivity index (χ2v) is 7.63. The van der Waals surface area contributed by atoms with Crippen molar-refractivity contribution in [3.05, 3.63) is 35.9 Å². The fraction of sp³-hybridized carbons (Fsp3) is 0.533. The van der Waals surface area contributed by atoms with Crippen LogP contribution in [-0.2, 0) is 10.0 Å². The SMILES string of the molecule is C[C@H]1CCCN(S(=O)(=O)CCNC(=O)c2ccccc2)C1. The van der Waals surface area contributed by atoms with Crippen LogP contribution in [0.5, 0.6) is 0 Å². The number of sulfonamides is 1. The number of hydrogen-bond donors (Lipinski definition) is 1. The molecule has 1 aliphatic heterocycles. The van der Waals surface area contributed by atoms with Crippen LogP contribution >= 0.6 is 0 Å². The van der Waals surface area contributed by atoms with Crippen molar-refractivity contribution < 1.29 is 13.2 Å². The third-order valence-corrected chi connectivity index (χ3v) is 5.53. The van der Waals surface area contributed by atoms with Crippen molar-refractivity contribution in [2.24, 2.45) is 5.92 Å². The lowest BCUT2D eigenvalue weighted by molar-refractivity contribution is 0.0956. The topological polar surface area (TPSA) is 66.5 Å². The van der Waals surface area contributed by atoms with Gasteiger partial charge < -0.3 is 5.32 Å². The summed E-state index contributed by atoms with van der Waals surface area (Å²) < 4.78 is 26.0. The van der Waals surface area contributed by atoms with Gasteiger partial charge in [-0.1, -0.05) is 25.1 Å². The predicted molar refractivity (Wildman–Crippen MR) is 82.5 cm³/mol. The molecule has 1 aromatic rings. The van der Waals surface area contributed by atoms with E-state index in [2.05, 4.69) is 12.2 Å². The summed E-state index contributed by atoms with van der Waals surface area (Å²) in [5.74, 6) is 0.128. The van der Waals surface area contributed by atoms with Crippen LogP contribution in [-0.4, -0.2) is 44.0 Å². The van der Waals surface area contributed by atoms with Gasteiger partial charge in [-0.15, -0.1) is 0 Å². The molecule has 0 saturated carbocycles. The van der Waals surface area contributed by atoms with Crippen LogP contribution in [0.15, 0.2) is 30.3 Å². The summed E-state index contributed by atoms with van der Waals surface area (Å²) in [6, 6.07) is 8.80. The molecule has 0 unspecified atom stereocenters. The Morgan fingerprint density at radius 3 is 2.71 bits per heavy atom. The number of hydrogen-bond acceptors (Lipinski definition) is 3. The van der Waals surface area contributed by atoms with Crippen molar-refractivity contribution in [2.75, 3.05) is 25.4 Å². The van der Waals surface area contributed by atoms with Gasteiger partial charge in [-0.25, -0.2) is 12.7 Å². The highest BCUT2D eigenvalue weighted by Gasteiger charge is 2.26. The van der Waals surface area contributed by atoms with Gasteiger partial charge in [-0.3, -0.25) is 4.79 Å². The van der Waals surface area contributed by atoms with Crippen LogP contribution < -0.4 is 5.32 Å². The normalized spacial score (nSPS) is 20.1. The van der Waals surface area contributed by atoms with E-state index in [1.165, 1.54) is 0 Å². The first-order chi connectivity index (χ1) is 9.99. The van der Waals surface area contributed by atoms with E-state index < -0.39 is 10.0 Å². The molecular weight excluding hydrogens is 288 g/mol. The monoisotopic (exact) mass is 310 g/mol. The molecule has 0 bridgehead atoms. The molecule has 0 radical (unpaired) electrons. The number of carbonyl (C=O) groups excluding carboxylic acids is 1. The molecular formula is C15H22N2O3S. The molecule has 1 aliphatic rings. The smallest absolute Gasteiger partial charge is 0.251 e. The number of piperidine rings is 1. The zero-order valence-electron chi connectivity index (χ0n) is 12.3. The summed E-state index contributed by atoms with van der Waals surface area (Å²) in [5, 5.41) is 2.66. The molecule has 1 amide bonds. The number of benzene rings is 1. The average molecular weight is 310 g/mol. The number of carbonyl (C=O) groups is 1. The lowest BCUT2D eigenvalue weighted by Crippen LogP contribution is -2.42. The van der Waals surface area contributed by atoms with E-state index in [-0.39, 0.29) is 18.2 Å². The van der Waals surface area contributed by atoms with Gasteiger partial charge in [0.25, 0.3) is 5.91 Å². The Hall–Kier alpha value is -1.40. The lowest BCUT2D eigenvalue weighted by Gasteiger charge is -2.30. The van der Waals surface area contributed by atoms with Gasteiger partial charge in [-0.2, -0.15) is 0 Å². The summed E-state index contributed by atoms with van der Waals surface area (Å²) in [6.07, 6.45) is 1.99. The highest BCUT2D eigenvalue weighted by atomic mass is 32.2. The molecule has 1 fully saturated rings. The minimum absolute atomic E-state index is 0.0434. The fourth-order valence-electron chi connectivity index (χ4n) is 2.51. The first kappa shape index (κ1) is 16.0. The molecule has 0 aromatic heterocycles. The van der Waals surface area contributed by atoms with Crippen LogP contribution in [0.2, 0.25) is 0 Å². The van der Waals surface area contributed by atoms with Crippen molar-refractivity contribution in [2.45, 2.75) is 19.8 Å². The Kier molecular flexibility index (Phi) is 5.36. The first-order valence-corrected chi connectivity index (χ1v) is 8.91. The summed E-state index contributed by atoms with van der Waals surface area (Å²) in [7, 11) is -3.28. The van der Waals surface area contributed by atoms with E-state index in [1.807, 2.05) is 6.07 Å². The van der Waals surface area contributed by atoms with Crippen molar-refractivity contribution >= 4 is 15.9 Å². The molecule has 0 spiro atoms. The van der Waals surface area contributed by atoms with Gasteiger partial charge in [0.05, 0.1) is 5.75 Å². The van der Waals surface area contributed by atoms with Crippen molar-refractivity contribution in [1.29, 1.82) is 0 Å². The summed E-state index contributed by atoms with van der Waals surface area (Å²) in [5.41, 5.74) is 0.543. The maximum Gasteiger partial charge on any atom is 0.251 e. The van der Waals surface area contributed by atoms with Crippen molar-refractivity contribution in [1.82, 2.24) is 9.62 Å². The molecule has 116 valence electrons. The standard InChI is InChI=1S/C15H22N2O3S/c1-13-6-5-10-17(12-13)21(19,20)11-9-16-15(18)14-7-3-2-4-8-14/h2-4,7-8,13H,5-6,9-12H2,1H3,(H,16,18)/t13-/m0/s1. The van der Waals surface area contributed by atoms with Gasteiger partial charge in [0.15, 0.2) is 0 Å². The molecule has 5 nitrogen and oxygen atoms in total. The van der Waals surface area contributed by atoms with E-state index in [4.69, 9.17) is 0 Å². The van der Waals surface area contributed by atoms with E-state index >= 15 is 0 Å². The van der Waals surface area contributed by atoms with Crippen molar-refractivity contribution in [3.63, 3.8) is 0 Å². The third-order valence-electron chi connectivity index (χ3n) is 3.69. The Bertz CT molecular complexity index is 572. The van der Waals surface area contributed by atoms with Gasteiger partial charge in [0.1, 0.15) is 0 Å². The molecule has 2 rings (SSSR count). The highest BCUT2D eigenvalue weighted by molar-refractivity contribution is 7.89. The van der Waals surface area contributed by atoms with E-state index in [1.54, 1.807) is 28.6 Å². The zero-order valence-corrected chi connectivity index (χ0v) is 13.1. The van der Waals surface area contributed by atoms with Crippen molar-refractivity contribution in [3.8, 4) is 0 Å². The van der Waals surface area contributed by atoms with Crippen LogP contribution in [0.4, 0.5) is 0 Å². The summed E-state index contributed by atoms with van der Waals surface area (Å²) >= 11 is 0. The average Bonchev–Trinajstić information content (AvgIpc) is 2.48. The number of nitrogens with zero attached hydrogens (tertiary/aromatic N) is 1. The number of amides is 1. The van der Waals surface area contributed by atoms with Gasteiger partial charge in [0, 0.05) is 25.2 Å². The zero-order chi connectivity index (χ0) is 15.3. The molecule has 1 saturated heterocycles. The minimum atomic E-state index is -3.28. The minimum Gasteiger partial charge on any atom is -0.351 e. The molecule has 0 aliphatic carbocycles. The second-order valence-electron chi connectivity index (χ2n) is 5.54. The molecule has 6 heteroatoms. The van der Waals surface area contributed by atoms with E-state index in [0.29, 0.717) is 24.6 Å². The molecule has 21 heavy (non-hydrogen) atoms. The Morgan fingerprint density at radius 2 is 2.05 bits per heavy atom. The number of nitrogens with one attached hydrogen (secondary N) is 1. The van der Waals surface area contributed by atoms with Crippen LogP contribution in [0, 0.1) is 5.92 Å². The van der Waals surface area contributed by atoms with Gasteiger partial charge in [-0.05, 0) is 30.9 Å².